The molecule has 0 bridgehead atoms. The smallest absolute Gasteiger partial charge is 0.337 e. The molecule has 0 fully saturated rings. The maximum absolute atomic E-state index is 11.0. The summed E-state index contributed by atoms with van der Waals surface area (Å²) in [5.74, 6) is -1.04. The van der Waals surface area contributed by atoms with Crippen LogP contribution in [0.1, 0.15) is 28.3 Å². The van der Waals surface area contributed by atoms with Crippen LogP contribution in [0, 0.1) is 0 Å². The van der Waals surface area contributed by atoms with Crippen molar-refractivity contribution in [3.8, 4) is 0 Å². The lowest BCUT2D eigenvalue weighted by Gasteiger charge is -2.13. The number of nitrogens with zero attached hydrogens (tertiary/aromatic N) is 1. The summed E-state index contributed by atoms with van der Waals surface area (Å²) in [6.45, 7) is 1.97. The van der Waals surface area contributed by atoms with Gasteiger partial charge in [0.25, 0.3) is 0 Å². The van der Waals surface area contributed by atoms with Crippen molar-refractivity contribution in [3.63, 3.8) is 0 Å². The summed E-state index contributed by atoms with van der Waals surface area (Å²) in [5.41, 5.74) is 0.799. The van der Waals surface area contributed by atoms with E-state index in [2.05, 4.69) is 10.3 Å². The molecule has 18 heavy (non-hydrogen) atoms. The van der Waals surface area contributed by atoms with E-state index in [9.17, 15) is 4.79 Å². The summed E-state index contributed by atoms with van der Waals surface area (Å²) in [5, 5.41) is 15.3. The number of hydrogen-bond acceptors (Lipinski definition) is 4. The molecule has 6 heteroatoms. The molecule has 1 unspecified atom stereocenters. The van der Waals surface area contributed by atoms with Gasteiger partial charge in [-0.1, -0.05) is 11.6 Å². The minimum atomic E-state index is -1.04. The van der Waals surface area contributed by atoms with Gasteiger partial charge in [0.2, 0.25) is 0 Å². The first-order valence-electron chi connectivity index (χ1n) is 5.26. The van der Waals surface area contributed by atoms with E-state index < -0.39 is 5.97 Å². The van der Waals surface area contributed by atoms with Crippen LogP contribution in [0.3, 0.4) is 0 Å². The lowest BCUT2D eigenvalue weighted by Crippen LogP contribution is -2.07. The van der Waals surface area contributed by atoms with Crippen molar-refractivity contribution in [2.75, 3.05) is 5.32 Å². The predicted molar refractivity (Wildman–Crippen MR) is 72.6 cm³/mol. The predicted octanol–water partition coefficient (Wildman–Crippen LogP) is 3.67. The maximum Gasteiger partial charge on any atom is 0.337 e. The first kappa shape index (κ1) is 12.9. The van der Waals surface area contributed by atoms with E-state index in [-0.39, 0.29) is 16.6 Å². The third kappa shape index (κ3) is 2.80. The second kappa shape index (κ2) is 5.37. The van der Waals surface area contributed by atoms with E-state index in [0.717, 1.165) is 5.01 Å². The highest BCUT2D eigenvalue weighted by Crippen LogP contribution is 2.25. The van der Waals surface area contributed by atoms with Crippen LogP contribution in [0.15, 0.2) is 29.8 Å². The molecule has 0 spiro atoms. The molecule has 0 radical (unpaired) electrons. The van der Waals surface area contributed by atoms with Gasteiger partial charge in [0, 0.05) is 17.3 Å². The Morgan fingerprint density at radius 2 is 2.33 bits per heavy atom. The van der Waals surface area contributed by atoms with Crippen LogP contribution in [0.25, 0.3) is 0 Å². The van der Waals surface area contributed by atoms with Gasteiger partial charge in [-0.15, -0.1) is 11.3 Å². The second-order valence-electron chi connectivity index (χ2n) is 3.74. The Kier molecular flexibility index (Phi) is 3.84. The summed E-state index contributed by atoms with van der Waals surface area (Å²) >= 11 is 7.36. The molecule has 1 aromatic heterocycles. The van der Waals surface area contributed by atoms with Crippen LogP contribution in [0.2, 0.25) is 5.02 Å². The molecule has 2 aromatic rings. The lowest BCUT2D eigenvalue weighted by molar-refractivity contribution is 0.0697. The zero-order valence-corrected chi connectivity index (χ0v) is 11.1. The number of thiazole rings is 1. The molecule has 2 rings (SSSR count). The molecule has 2 N–H and O–H groups in total. The molecular formula is C12H11ClN2O2S. The summed E-state index contributed by atoms with van der Waals surface area (Å²) in [4.78, 5) is 15.2. The van der Waals surface area contributed by atoms with Gasteiger partial charge in [0.15, 0.2) is 0 Å². The fraction of sp³-hybridized carbons (Fsp3) is 0.167. The van der Waals surface area contributed by atoms with E-state index in [1.807, 2.05) is 12.3 Å². The largest absolute Gasteiger partial charge is 0.478 e. The number of anilines is 1. The van der Waals surface area contributed by atoms with Crippen LogP contribution in [0.4, 0.5) is 5.69 Å². The maximum atomic E-state index is 11.0. The van der Waals surface area contributed by atoms with E-state index in [0.29, 0.717) is 5.69 Å². The van der Waals surface area contributed by atoms with Gasteiger partial charge in [0.05, 0.1) is 16.6 Å². The van der Waals surface area contributed by atoms with Gasteiger partial charge < -0.3 is 10.4 Å². The van der Waals surface area contributed by atoms with Crippen LogP contribution in [-0.4, -0.2) is 16.1 Å². The highest BCUT2D eigenvalue weighted by atomic mass is 35.5. The zero-order valence-electron chi connectivity index (χ0n) is 9.55. The molecule has 0 amide bonds. The van der Waals surface area contributed by atoms with Gasteiger partial charge >= 0.3 is 5.97 Å². The van der Waals surface area contributed by atoms with Gasteiger partial charge in [-0.2, -0.15) is 0 Å². The topological polar surface area (TPSA) is 62.2 Å². The molecule has 0 saturated carbocycles. The zero-order chi connectivity index (χ0) is 13.1. The van der Waals surface area contributed by atoms with Crippen molar-refractivity contribution in [2.24, 2.45) is 0 Å². The van der Waals surface area contributed by atoms with E-state index in [1.54, 1.807) is 29.7 Å². The van der Waals surface area contributed by atoms with Crippen LogP contribution in [-0.2, 0) is 0 Å². The Morgan fingerprint density at radius 3 is 2.94 bits per heavy atom. The van der Waals surface area contributed by atoms with Crippen LogP contribution in [0.5, 0.6) is 0 Å². The number of rotatable bonds is 4. The summed E-state index contributed by atoms with van der Waals surface area (Å²) in [7, 11) is 0. The Balaban J connectivity index is 2.20. The van der Waals surface area contributed by atoms with Gasteiger partial charge in [-0.25, -0.2) is 9.78 Å². The Hall–Kier alpha value is -1.59. The van der Waals surface area contributed by atoms with Gasteiger partial charge in [-0.05, 0) is 25.1 Å². The fourth-order valence-electron chi connectivity index (χ4n) is 1.54. The number of benzene rings is 1. The molecule has 0 saturated heterocycles. The normalized spacial score (nSPS) is 12.1. The summed E-state index contributed by atoms with van der Waals surface area (Å²) < 4.78 is 0. The molecule has 0 aliphatic rings. The highest BCUT2D eigenvalue weighted by molar-refractivity contribution is 7.09. The average molecular weight is 283 g/mol. The number of carboxylic acid groups (broad SMARTS) is 1. The van der Waals surface area contributed by atoms with Crippen molar-refractivity contribution in [1.82, 2.24) is 4.98 Å². The molecule has 4 nitrogen and oxygen atoms in total. The highest BCUT2D eigenvalue weighted by Gasteiger charge is 2.12. The van der Waals surface area contributed by atoms with E-state index in [1.165, 1.54) is 6.07 Å². The monoisotopic (exact) mass is 282 g/mol. The minimum Gasteiger partial charge on any atom is -0.478 e. The van der Waals surface area contributed by atoms with Crippen LogP contribution >= 0.6 is 22.9 Å². The van der Waals surface area contributed by atoms with Crippen molar-refractivity contribution in [1.29, 1.82) is 0 Å². The first-order valence-corrected chi connectivity index (χ1v) is 6.52. The first-order chi connectivity index (χ1) is 8.58. The number of nitrogens with one attached hydrogen (secondary N) is 1. The quantitative estimate of drug-likeness (QED) is 0.898. The summed E-state index contributed by atoms with van der Waals surface area (Å²) in [6.07, 6.45) is 1.74. The number of carbonyl (C=O) groups is 1. The van der Waals surface area contributed by atoms with E-state index in [4.69, 9.17) is 16.7 Å². The average Bonchev–Trinajstić information content (AvgIpc) is 2.85. The number of aromatic nitrogens is 1. The van der Waals surface area contributed by atoms with Gasteiger partial charge in [0.1, 0.15) is 5.01 Å². The Labute approximate surface area is 113 Å². The second-order valence-corrected chi connectivity index (χ2v) is 5.07. The minimum absolute atomic E-state index is 0.0211. The lowest BCUT2D eigenvalue weighted by atomic mass is 10.2. The molecule has 94 valence electrons. The standard InChI is InChI=1S/C12H11ClN2O2S/c1-7(11-14-4-5-18-11)15-8-2-3-10(13)9(6-8)12(16)17/h2-7,15H,1H3,(H,16,17). The van der Waals surface area contributed by atoms with Crippen molar-refractivity contribution >= 4 is 34.6 Å². The Morgan fingerprint density at radius 1 is 1.56 bits per heavy atom. The SMILES string of the molecule is CC(Nc1ccc(Cl)c(C(=O)O)c1)c1nccs1. The summed E-state index contributed by atoms with van der Waals surface area (Å²) in [6, 6.07) is 4.86. The number of halogens is 1. The van der Waals surface area contributed by atoms with Crippen molar-refractivity contribution in [2.45, 2.75) is 13.0 Å². The third-order valence-electron chi connectivity index (χ3n) is 2.40. The van der Waals surface area contributed by atoms with Gasteiger partial charge in [-0.3, -0.25) is 0 Å². The molecule has 0 aliphatic heterocycles. The van der Waals surface area contributed by atoms with Crippen molar-refractivity contribution in [3.05, 3.63) is 45.4 Å². The Bertz CT molecular complexity index is 557. The van der Waals surface area contributed by atoms with E-state index >= 15 is 0 Å². The van der Waals surface area contributed by atoms with Crippen LogP contribution < -0.4 is 5.32 Å². The fourth-order valence-corrected chi connectivity index (χ4v) is 2.38. The van der Waals surface area contributed by atoms with Crippen molar-refractivity contribution < 1.29 is 9.90 Å². The molecule has 1 atom stereocenters. The number of hydrogen-bond donors (Lipinski definition) is 2. The number of aromatic carboxylic acids is 1. The molecular weight excluding hydrogens is 272 g/mol. The molecule has 0 aliphatic carbocycles. The molecule has 1 heterocycles. The molecule has 1 aromatic carbocycles. The number of carboxylic acids is 1. The third-order valence-corrected chi connectivity index (χ3v) is 3.69.